The van der Waals surface area contributed by atoms with Gasteiger partial charge in [-0.2, -0.15) is 0 Å². The molecule has 0 spiro atoms. The predicted molar refractivity (Wildman–Crippen MR) is 144 cm³/mol. The Bertz CT molecular complexity index is 1200. The zero-order valence-electron chi connectivity index (χ0n) is 21.9. The van der Waals surface area contributed by atoms with E-state index in [4.69, 9.17) is 14.2 Å². The van der Waals surface area contributed by atoms with Gasteiger partial charge in [-0.1, -0.05) is 42.5 Å². The van der Waals surface area contributed by atoms with E-state index in [1.165, 1.54) is 12.0 Å². The van der Waals surface area contributed by atoms with Gasteiger partial charge in [0, 0.05) is 18.8 Å². The second kappa shape index (κ2) is 12.5. The Kier molecular flexibility index (Phi) is 8.86. The molecule has 1 saturated heterocycles. The van der Waals surface area contributed by atoms with Crippen LogP contribution in [-0.4, -0.2) is 61.9 Å². The molecule has 38 heavy (non-hydrogen) atoms. The number of methoxy groups -OCH3 is 3. The molecule has 3 aromatic rings. The molecular formula is C30H34N2O6. The minimum Gasteiger partial charge on any atom is -0.497 e. The van der Waals surface area contributed by atoms with Crippen molar-refractivity contribution in [3.05, 3.63) is 90.0 Å². The summed E-state index contributed by atoms with van der Waals surface area (Å²) >= 11 is 0. The summed E-state index contributed by atoms with van der Waals surface area (Å²) < 4.78 is 15.6. The number of carbonyl (C=O) groups is 2. The molecule has 1 aliphatic rings. The van der Waals surface area contributed by atoms with E-state index in [1.807, 2.05) is 83.8 Å². The van der Waals surface area contributed by atoms with Gasteiger partial charge >= 0.3 is 5.97 Å². The topological polar surface area (TPSA) is 88.5 Å². The van der Waals surface area contributed by atoms with Crippen molar-refractivity contribution >= 4 is 17.6 Å². The monoisotopic (exact) mass is 518 g/mol. The van der Waals surface area contributed by atoms with Crippen LogP contribution in [-0.2, 0) is 20.9 Å². The molecule has 0 aromatic heterocycles. The molecule has 0 unspecified atom stereocenters. The van der Waals surface area contributed by atoms with E-state index in [2.05, 4.69) is 0 Å². The Morgan fingerprint density at radius 3 is 2.11 bits per heavy atom. The van der Waals surface area contributed by atoms with E-state index in [0.717, 1.165) is 22.6 Å². The second-order valence-corrected chi connectivity index (χ2v) is 9.19. The highest BCUT2D eigenvalue weighted by molar-refractivity contribution is 5.88. The van der Waals surface area contributed by atoms with Crippen molar-refractivity contribution in [1.82, 2.24) is 4.90 Å². The maximum absolute atomic E-state index is 13.8. The maximum atomic E-state index is 13.8. The number of likely N-dealkylation sites (tertiary alicyclic amines) is 1. The van der Waals surface area contributed by atoms with Gasteiger partial charge in [-0.25, -0.2) is 4.79 Å². The number of esters is 1. The first kappa shape index (κ1) is 27.0. The molecule has 1 amide bonds. The highest BCUT2D eigenvalue weighted by atomic mass is 16.5. The first-order valence-corrected chi connectivity index (χ1v) is 12.6. The third kappa shape index (κ3) is 5.92. The number of ether oxygens (including phenoxy) is 3. The molecule has 8 nitrogen and oxygen atoms in total. The van der Waals surface area contributed by atoms with Crippen molar-refractivity contribution in [3.63, 3.8) is 0 Å². The van der Waals surface area contributed by atoms with Crippen molar-refractivity contribution in [2.45, 2.75) is 37.6 Å². The Balaban J connectivity index is 1.76. The van der Waals surface area contributed by atoms with Crippen molar-refractivity contribution in [2.24, 2.45) is 0 Å². The highest BCUT2D eigenvalue weighted by Crippen LogP contribution is 2.35. The van der Waals surface area contributed by atoms with Gasteiger partial charge < -0.3 is 29.1 Å². The number of hydrogen-bond acceptors (Lipinski definition) is 7. The molecule has 0 saturated carbocycles. The molecule has 0 radical (unpaired) electrons. The van der Waals surface area contributed by atoms with Crippen LogP contribution < -0.4 is 14.4 Å². The largest absolute Gasteiger partial charge is 0.497 e. The van der Waals surface area contributed by atoms with Crippen LogP contribution >= 0.6 is 0 Å². The Hall–Kier alpha value is -4.04. The minimum absolute atomic E-state index is 0.387. The zero-order chi connectivity index (χ0) is 27.1. The number of rotatable bonds is 10. The standard InChI is InChI=1S/C30H34N2O6/c1-36-24-15-11-21(12-16-24)20-32(23-13-17-25(37-2)18-14-23)27(22-8-5-4-6-9-22)28(33)29(34)31-19-7-10-26(31)30(35)38-3/h4-6,8-9,11-18,26-28,33H,7,10,19-20H2,1-3H3/t26-,27-,28-/m0/s1. The Labute approximate surface area is 223 Å². The molecule has 1 heterocycles. The quantitative estimate of drug-likeness (QED) is 0.406. The lowest BCUT2D eigenvalue weighted by molar-refractivity contribution is -0.154. The molecule has 1 N–H and O–H groups in total. The summed E-state index contributed by atoms with van der Waals surface area (Å²) in [7, 11) is 4.53. The van der Waals surface area contributed by atoms with Crippen LogP contribution in [0.2, 0.25) is 0 Å². The molecule has 8 heteroatoms. The van der Waals surface area contributed by atoms with Crippen LogP contribution in [0.1, 0.15) is 30.0 Å². The molecule has 0 bridgehead atoms. The Morgan fingerprint density at radius 2 is 1.53 bits per heavy atom. The van der Waals surface area contributed by atoms with Gasteiger partial charge in [-0.05, 0) is 60.4 Å². The molecular weight excluding hydrogens is 484 g/mol. The lowest BCUT2D eigenvalue weighted by Gasteiger charge is -2.38. The third-order valence-corrected chi connectivity index (χ3v) is 6.95. The number of carbonyl (C=O) groups excluding carboxylic acids is 2. The van der Waals surface area contributed by atoms with Crippen molar-refractivity contribution in [3.8, 4) is 11.5 Å². The first-order chi connectivity index (χ1) is 18.5. The number of amides is 1. The second-order valence-electron chi connectivity index (χ2n) is 9.19. The first-order valence-electron chi connectivity index (χ1n) is 12.6. The van der Waals surface area contributed by atoms with Gasteiger partial charge in [-0.15, -0.1) is 0 Å². The predicted octanol–water partition coefficient (Wildman–Crippen LogP) is 3.98. The van der Waals surface area contributed by atoms with Crippen LogP contribution in [0, 0.1) is 0 Å². The summed E-state index contributed by atoms with van der Waals surface area (Å²) in [5.41, 5.74) is 2.54. The lowest BCUT2D eigenvalue weighted by atomic mass is 9.96. The fraction of sp³-hybridized carbons (Fsp3) is 0.333. The van der Waals surface area contributed by atoms with Gasteiger partial charge in [0.1, 0.15) is 17.5 Å². The van der Waals surface area contributed by atoms with Gasteiger partial charge in [0.2, 0.25) is 0 Å². The van der Waals surface area contributed by atoms with Crippen molar-refractivity contribution < 1.29 is 28.9 Å². The lowest BCUT2D eigenvalue weighted by Crippen LogP contribution is -2.50. The summed E-state index contributed by atoms with van der Waals surface area (Å²) in [6.07, 6.45) is -0.264. The van der Waals surface area contributed by atoms with Crippen molar-refractivity contribution in [1.29, 1.82) is 0 Å². The van der Waals surface area contributed by atoms with Gasteiger partial charge in [0.25, 0.3) is 5.91 Å². The van der Waals surface area contributed by atoms with E-state index < -0.39 is 30.1 Å². The van der Waals surface area contributed by atoms with Crippen LogP contribution in [0.3, 0.4) is 0 Å². The third-order valence-electron chi connectivity index (χ3n) is 6.95. The van der Waals surface area contributed by atoms with E-state index in [0.29, 0.717) is 31.7 Å². The molecule has 4 rings (SSSR count). The Morgan fingerprint density at radius 1 is 0.921 bits per heavy atom. The van der Waals surface area contributed by atoms with E-state index >= 15 is 0 Å². The fourth-order valence-corrected chi connectivity index (χ4v) is 4.95. The average Bonchev–Trinajstić information content (AvgIpc) is 3.47. The molecule has 0 aliphatic carbocycles. The zero-order valence-corrected chi connectivity index (χ0v) is 21.9. The maximum Gasteiger partial charge on any atom is 0.328 e. The number of aliphatic hydroxyl groups excluding tert-OH is 1. The molecule has 3 atom stereocenters. The number of benzene rings is 3. The minimum atomic E-state index is -1.44. The highest BCUT2D eigenvalue weighted by Gasteiger charge is 2.41. The van der Waals surface area contributed by atoms with Crippen LogP contribution in [0.5, 0.6) is 11.5 Å². The number of anilines is 1. The SMILES string of the molecule is COC(=O)[C@@H]1CCCN1C(=O)[C@@H](O)[C@H](c1ccccc1)N(Cc1ccc(OC)cc1)c1ccc(OC)cc1. The van der Waals surface area contributed by atoms with E-state index in [9.17, 15) is 14.7 Å². The smallest absolute Gasteiger partial charge is 0.328 e. The summed E-state index contributed by atoms with van der Waals surface area (Å²) in [6.45, 7) is 0.791. The van der Waals surface area contributed by atoms with E-state index in [-0.39, 0.29) is 0 Å². The normalized spacial score (nSPS) is 16.4. The molecule has 3 aromatic carbocycles. The molecule has 1 aliphatic heterocycles. The van der Waals surface area contributed by atoms with Crippen LogP contribution in [0.4, 0.5) is 5.69 Å². The van der Waals surface area contributed by atoms with E-state index in [1.54, 1.807) is 14.2 Å². The summed E-state index contributed by atoms with van der Waals surface area (Å²) in [5.74, 6) is 0.469. The molecule has 200 valence electrons. The van der Waals surface area contributed by atoms with Gasteiger partial charge in [0.15, 0.2) is 6.10 Å². The molecule has 1 fully saturated rings. The fourth-order valence-electron chi connectivity index (χ4n) is 4.95. The summed E-state index contributed by atoms with van der Waals surface area (Å²) in [6, 6.07) is 23.2. The van der Waals surface area contributed by atoms with Gasteiger partial charge in [-0.3, -0.25) is 4.79 Å². The van der Waals surface area contributed by atoms with Gasteiger partial charge in [0.05, 0.1) is 27.4 Å². The summed E-state index contributed by atoms with van der Waals surface area (Å²) in [4.78, 5) is 29.6. The van der Waals surface area contributed by atoms with Crippen molar-refractivity contribution in [2.75, 3.05) is 32.8 Å². The number of hydrogen-bond donors (Lipinski definition) is 1. The average molecular weight is 519 g/mol. The summed E-state index contributed by atoms with van der Waals surface area (Å²) in [5, 5.41) is 11.7. The van der Waals surface area contributed by atoms with Crippen LogP contribution in [0.15, 0.2) is 78.9 Å². The number of nitrogens with zero attached hydrogens (tertiary/aromatic N) is 2. The van der Waals surface area contributed by atoms with Crippen LogP contribution in [0.25, 0.3) is 0 Å². The number of aliphatic hydroxyl groups is 1.